The van der Waals surface area contributed by atoms with Crippen LogP contribution >= 0.6 is 0 Å². The van der Waals surface area contributed by atoms with Crippen LogP contribution in [0, 0.1) is 22.7 Å². The monoisotopic (exact) mass is 884 g/mol. The van der Waals surface area contributed by atoms with Crippen LogP contribution in [0.25, 0.3) is 22.3 Å². The minimum absolute atomic E-state index is 0.619. The molecule has 324 valence electrons. The van der Waals surface area contributed by atoms with Gasteiger partial charge in [-0.2, -0.15) is 10.5 Å². The zero-order valence-electron chi connectivity index (χ0n) is 37.2. The van der Waals surface area contributed by atoms with E-state index >= 15 is 0 Å². The first-order valence-corrected chi connectivity index (χ1v) is 22.9. The number of para-hydroxylation sites is 8. The molecule has 6 nitrogen and oxygen atoms in total. The topological polar surface area (TPSA) is 72.5 Å². The average Bonchev–Trinajstić information content (AvgIpc) is 3.42. The zero-order chi connectivity index (χ0) is 46.3. The summed E-state index contributed by atoms with van der Waals surface area (Å²) in [7, 11) is 0. The van der Waals surface area contributed by atoms with Crippen LogP contribution in [0.1, 0.15) is 33.4 Å². The second-order valence-electron chi connectivity index (χ2n) is 17.1. The third kappa shape index (κ3) is 6.87. The van der Waals surface area contributed by atoms with Crippen molar-refractivity contribution in [3.8, 4) is 57.4 Å². The molecule has 2 heterocycles. The van der Waals surface area contributed by atoms with Crippen LogP contribution in [0.5, 0.6) is 23.0 Å². The highest BCUT2D eigenvalue weighted by Gasteiger charge is 2.39. The lowest BCUT2D eigenvalue weighted by Gasteiger charge is -2.38. The van der Waals surface area contributed by atoms with E-state index in [0.29, 0.717) is 11.1 Å². The van der Waals surface area contributed by atoms with Crippen molar-refractivity contribution in [2.75, 3.05) is 9.80 Å². The second kappa shape index (κ2) is 17.0. The Morgan fingerprint density at radius 3 is 0.899 bits per heavy atom. The van der Waals surface area contributed by atoms with E-state index in [9.17, 15) is 10.5 Å². The number of benzene rings is 10. The lowest BCUT2D eigenvalue weighted by molar-refractivity contribution is 0.477. The van der Waals surface area contributed by atoms with Gasteiger partial charge in [0.25, 0.3) is 0 Å². The van der Waals surface area contributed by atoms with E-state index in [4.69, 9.17) is 9.47 Å². The number of rotatable bonds is 8. The maximum absolute atomic E-state index is 10.1. The predicted octanol–water partition coefficient (Wildman–Crippen LogP) is 16.3. The molecule has 0 saturated carbocycles. The Labute approximate surface area is 401 Å². The minimum Gasteiger partial charge on any atom is -0.453 e. The summed E-state index contributed by atoms with van der Waals surface area (Å²) in [6.07, 6.45) is 0. The number of hydrogen-bond acceptors (Lipinski definition) is 6. The molecule has 0 bridgehead atoms. The maximum Gasteiger partial charge on any atom is 0.151 e. The van der Waals surface area contributed by atoms with Crippen LogP contribution < -0.4 is 19.3 Å². The Kier molecular flexibility index (Phi) is 10.1. The number of ether oxygens (including phenoxy) is 2. The Morgan fingerprint density at radius 2 is 0.580 bits per heavy atom. The molecule has 0 atom stereocenters. The van der Waals surface area contributed by atoms with E-state index in [1.807, 2.05) is 121 Å². The number of fused-ring (bicyclic) bond motifs is 4. The van der Waals surface area contributed by atoms with E-state index in [1.54, 1.807) is 0 Å². The fourth-order valence-corrected chi connectivity index (χ4v) is 10.2. The van der Waals surface area contributed by atoms with Gasteiger partial charge in [0.1, 0.15) is 0 Å². The minimum atomic E-state index is -0.876. The molecule has 2 aliphatic heterocycles. The van der Waals surface area contributed by atoms with Crippen LogP contribution in [-0.4, -0.2) is 0 Å². The third-order valence-electron chi connectivity index (χ3n) is 13.3. The molecule has 0 aliphatic carbocycles. The van der Waals surface area contributed by atoms with Gasteiger partial charge in [0.15, 0.2) is 23.0 Å². The van der Waals surface area contributed by atoms with Gasteiger partial charge in [0, 0.05) is 11.4 Å². The largest absolute Gasteiger partial charge is 0.453 e. The summed E-state index contributed by atoms with van der Waals surface area (Å²) < 4.78 is 12.8. The molecule has 0 amide bonds. The number of anilines is 6. The number of nitriles is 2. The Balaban J connectivity index is 1.08. The molecule has 10 aromatic carbocycles. The van der Waals surface area contributed by atoms with Crippen molar-refractivity contribution in [3.63, 3.8) is 0 Å². The molecule has 0 unspecified atom stereocenters. The summed E-state index contributed by atoms with van der Waals surface area (Å²) in [6.45, 7) is 0. The lowest BCUT2D eigenvalue weighted by atomic mass is 9.64. The summed E-state index contributed by atoms with van der Waals surface area (Å²) >= 11 is 0. The predicted molar refractivity (Wildman–Crippen MR) is 275 cm³/mol. The van der Waals surface area contributed by atoms with Crippen molar-refractivity contribution < 1.29 is 9.47 Å². The maximum atomic E-state index is 10.1. The SMILES string of the molecule is N#Cc1ccccc1-c1ccc(C(c2ccc(-c3ccccc3C#N)cc2)(c2ccc(N3c4ccccc4Oc4ccccc43)cc2)c2ccc(N3c4ccccc4Oc4ccccc43)cc2)cc1. The summed E-state index contributed by atoms with van der Waals surface area (Å²) in [5.74, 6) is 3.15. The van der Waals surface area contributed by atoms with Gasteiger partial charge in [-0.3, -0.25) is 0 Å². The van der Waals surface area contributed by atoms with Gasteiger partial charge in [-0.25, -0.2) is 0 Å². The van der Waals surface area contributed by atoms with Crippen LogP contribution in [0.2, 0.25) is 0 Å². The van der Waals surface area contributed by atoms with E-state index in [0.717, 1.165) is 102 Å². The van der Waals surface area contributed by atoms with Crippen molar-refractivity contribution in [3.05, 3.63) is 276 Å². The molecule has 2 aliphatic rings. The van der Waals surface area contributed by atoms with Crippen molar-refractivity contribution in [1.29, 1.82) is 10.5 Å². The van der Waals surface area contributed by atoms with Crippen molar-refractivity contribution in [1.82, 2.24) is 0 Å². The molecule has 0 fully saturated rings. The van der Waals surface area contributed by atoms with Gasteiger partial charge in [0.2, 0.25) is 0 Å². The molecule has 10 aromatic rings. The highest BCUT2D eigenvalue weighted by atomic mass is 16.5. The molecule has 0 saturated heterocycles. The van der Waals surface area contributed by atoms with Gasteiger partial charge >= 0.3 is 0 Å². The van der Waals surface area contributed by atoms with Gasteiger partial charge < -0.3 is 19.3 Å². The average molecular weight is 885 g/mol. The molecule has 6 heteroatoms. The molecule has 69 heavy (non-hydrogen) atoms. The van der Waals surface area contributed by atoms with E-state index in [-0.39, 0.29) is 0 Å². The van der Waals surface area contributed by atoms with E-state index < -0.39 is 5.41 Å². The summed E-state index contributed by atoms with van der Waals surface area (Å²) in [5, 5.41) is 20.2. The van der Waals surface area contributed by atoms with Crippen LogP contribution in [-0.2, 0) is 5.41 Å². The van der Waals surface area contributed by atoms with Crippen LogP contribution in [0.4, 0.5) is 34.1 Å². The third-order valence-corrected chi connectivity index (χ3v) is 13.3. The Bertz CT molecular complexity index is 3310. The number of hydrogen-bond donors (Lipinski definition) is 0. The smallest absolute Gasteiger partial charge is 0.151 e. The van der Waals surface area contributed by atoms with Gasteiger partial charge in [-0.05, 0) is 129 Å². The summed E-state index contributed by atoms with van der Waals surface area (Å²) in [6, 6.07) is 87.9. The second-order valence-corrected chi connectivity index (χ2v) is 17.1. The fourth-order valence-electron chi connectivity index (χ4n) is 10.2. The molecule has 0 spiro atoms. The van der Waals surface area contributed by atoms with E-state index in [1.165, 1.54) is 0 Å². The normalized spacial score (nSPS) is 12.2. The lowest BCUT2D eigenvalue weighted by Crippen LogP contribution is -2.31. The number of nitrogens with zero attached hydrogens (tertiary/aromatic N) is 4. The van der Waals surface area contributed by atoms with Crippen molar-refractivity contribution in [2.24, 2.45) is 0 Å². The highest BCUT2D eigenvalue weighted by molar-refractivity contribution is 5.88. The highest BCUT2D eigenvalue weighted by Crippen LogP contribution is 2.54. The Morgan fingerprint density at radius 1 is 0.304 bits per heavy atom. The molecule has 0 radical (unpaired) electrons. The van der Waals surface area contributed by atoms with E-state index in [2.05, 4.69) is 143 Å². The standard InChI is InChI=1S/C63H40N4O2/c64-41-45-13-1-3-15-53(45)43-25-29-47(30-26-43)63(48-31-27-44(28-32-48)54-16-4-2-14-46(54)42-65,49-33-37-51(38-34-49)66-55-17-5-9-21-59(55)68-60-22-10-6-18-56(60)66)50-35-39-52(40-36-50)67-57-19-7-11-23-61(57)69-62-24-12-8-20-58(62)67/h1-40H. The first-order chi connectivity index (χ1) is 34.1. The van der Waals surface area contributed by atoms with Crippen molar-refractivity contribution in [2.45, 2.75) is 5.41 Å². The fraction of sp³-hybridized carbons (Fsp3) is 0.0159. The van der Waals surface area contributed by atoms with Gasteiger partial charge in [0.05, 0.1) is 51.4 Å². The molecular weight excluding hydrogens is 845 g/mol. The van der Waals surface area contributed by atoms with Gasteiger partial charge in [-0.1, -0.05) is 158 Å². The first kappa shape index (κ1) is 40.9. The quantitative estimate of drug-likeness (QED) is 0.142. The summed E-state index contributed by atoms with van der Waals surface area (Å²) in [4.78, 5) is 4.52. The first-order valence-electron chi connectivity index (χ1n) is 22.9. The zero-order valence-corrected chi connectivity index (χ0v) is 37.2. The molecular formula is C63H40N4O2. The molecule has 0 N–H and O–H groups in total. The summed E-state index contributed by atoms with van der Waals surface area (Å²) in [5.41, 5.74) is 14.0. The molecule has 0 aromatic heterocycles. The molecule has 12 rings (SSSR count). The van der Waals surface area contributed by atoms with Gasteiger partial charge in [-0.15, -0.1) is 0 Å². The van der Waals surface area contributed by atoms with Crippen LogP contribution in [0.15, 0.2) is 243 Å². The van der Waals surface area contributed by atoms with Crippen molar-refractivity contribution >= 4 is 34.1 Å². The Hall–Kier alpha value is -9.62. The van der Waals surface area contributed by atoms with Crippen LogP contribution in [0.3, 0.4) is 0 Å².